The number of nitrogens with zero attached hydrogens (tertiary/aromatic N) is 1. The number of hydrogen-bond donors (Lipinski definition) is 1. The van der Waals surface area contributed by atoms with Crippen molar-refractivity contribution >= 4 is 21.4 Å². The Kier molecular flexibility index (Phi) is 3.19. The molecule has 0 amide bonds. The van der Waals surface area contributed by atoms with Gasteiger partial charge in [0.25, 0.3) is 0 Å². The number of rotatable bonds is 3. The van der Waals surface area contributed by atoms with Gasteiger partial charge in [-0.1, -0.05) is 25.1 Å². The molecule has 2 atom stereocenters. The van der Waals surface area contributed by atoms with Crippen LogP contribution in [0, 0.1) is 17.2 Å². The minimum atomic E-state index is -1.06. The van der Waals surface area contributed by atoms with E-state index >= 15 is 0 Å². The number of aliphatic hydroxyl groups is 1. The lowest BCUT2D eigenvalue weighted by molar-refractivity contribution is 0.0188. The Hall–Kier alpha value is -1.37. The van der Waals surface area contributed by atoms with Crippen LogP contribution in [-0.2, 0) is 5.60 Å². The molecule has 0 aliphatic rings. The smallest absolute Gasteiger partial charge is 0.112 e. The molecule has 2 aromatic rings. The Morgan fingerprint density at radius 1 is 1.47 bits per heavy atom. The first-order valence-corrected chi connectivity index (χ1v) is 6.52. The second kappa shape index (κ2) is 4.48. The summed E-state index contributed by atoms with van der Waals surface area (Å²) < 4.78 is 1.15. The lowest BCUT2D eigenvalue weighted by Gasteiger charge is -2.26. The van der Waals surface area contributed by atoms with Crippen molar-refractivity contribution in [1.29, 1.82) is 5.26 Å². The molecular weight excluding hydrogens is 230 g/mol. The molecular formula is C14H15NOS. The van der Waals surface area contributed by atoms with Crippen LogP contribution in [0.2, 0.25) is 0 Å². The van der Waals surface area contributed by atoms with Crippen LogP contribution in [0.1, 0.15) is 25.1 Å². The number of hydrogen-bond acceptors (Lipinski definition) is 3. The van der Waals surface area contributed by atoms with Gasteiger partial charge in [-0.25, -0.2) is 0 Å². The first kappa shape index (κ1) is 12.1. The zero-order chi connectivity index (χ0) is 12.5. The maximum atomic E-state index is 10.5. The van der Waals surface area contributed by atoms with E-state index in [0.717, 1.165) is 15.0 Å². The topological polar surface area (TPSA) is 44.0 Å². The van der Waals surface area contributed by atoms with Gasteiger partial charge in [-0.3, -0.25) is 0 Å². The van der Waals surface area contributed by atoms with Crippen molar-refractivity contribution in [2.75, 3.05) is 0 Å². The molecule has 0 radical (unpaired) electrons. The molecule has 0 fully saturated rings. The van der Waals surface area contributed by atoms with Crippen molar-refractivity contribution in [1.82, 2.24) is 0 Å². The van der Waals surface area contributed by atoms with Gasteiger partial charge in [-0.05, 0) is 30.9 Å². The summed E-state index contributed by atoms with van der Waals surface area (Å²) in [4.78, 5) is 0.868. The van der Waals surface area contributed by atoms with Crippen LogP contribution in [-0.4, -0.2) is 5.11 Å². The third kappa shape index (κ3) is 2.06. The van der Waals surface area contributed by atoms with Gasteiger partial charge >= 0.3 is 0 Å². The van der Waals surface area contributed by atoms with E-state index in [0.29, 0.717) is 6.42 Å². The second-order valence-corrected chi connectivity index (χ2v) is 5.47. The highest BCUT2D eigenvalue weighted by atomic mass is 32.1. The summed E-state index contributed by atoms with van der Waals surface area (Å²) in [6.07, 6.45) is 0.651. The number of thiophene rings is 1. The Morgan fingerprint density at radius 2 is 2.18 bits per heavy atom. The van der Waals surface area contributed by atoms with Crippen LogP contribution in [0.25, 0.3) is 10.1 Å². The van der Waals surface area contributed by atoms with Crippen molar-refractivity contribution in [2.24, 2.45) is 5.92 Å². The summed E-state index contributed by atoms with van der Waals surface area (Å²) in [6.45, 7) is 3.66. The molecule has 1 aromatic heterocycles. The molecule has 1 N–H and O–H groups in total. The molecule has 0 bridgehead atoms. The summed E-state index contributed by atoms with van der Waals surface area (Å²) in [6, 6.07) is 12.2. The summed E-state index contributed by atoms with van der Waals surface area (Å²) in [5, 5.41) is 20.8. The summed E-state index contributed by atoms with van der Waals surface area (Å²) in [7, 11) is 0. The molecule has 88 valence electrons. The Morgan fingerprint density at radius 3 is 2.76 bits per heavy atom. The number of nitriles is 1. The molecule has 2 nitrogen and oxygen atoms in total. The van der Waals surface area contributed by atoms with E-state index in [1.807, 2.05) is 37.3 Å². The fourth-order valence-electron chi connectivity index (χ4n) is 2.02. The Balaban J connectivity index is 2.49. The standard InChI is InChI=1S/C14H15NOS/c1-3-11(9-15)14(2,16)13-8-10-6-4-5-7-12(10)17-13/h4-8,11,16H,3H2,1-2H3. The molecule has 0 aliphatic carbocycles. The molecule has 3 heteroatoms. The molecule has 1 aromatic carbocycles. The van der Waals surface area contributed by atoms with Gasteiger partial charge in [0.1, 0.15) is 5.60 Å². The second-order valence-electron chi connectivity index (χ2n) is 4.39. The number of benzene rings is 1. The first-order valence-electron chi connectivity index (χ1n) is 5.70. The average Bonchev–Trinajstić information content (AvgIpc) is 2.74. The monoisotopic (exact) mass is 245 g/mol. The minimum Gasteiger partial charge on any atom is -0.383 e. The van der Waals surface area contributed by atoms with Gasteiger partial charge in [0, 0.05) is 9.58 Å². The quantitative estimate of drug-likeness (QED) is 0.896. The fraction of sp³-hybridized carbons (Fsp3) is 0.357. The minimum absolute atomic E-state index is 0.365. The van der Waals surface area contributed by atoms with Crippen LogP contribution in [0.5, 0.6) is 0 Å². The van der Waals surface area contributed by atoms with Gasteiger partial charge in [0.05, 0.1) is 12.0 Å². The predicted molar refractivity (Wildman–Crippen MR) is 70.8 cm³/mol. The first-order chi connectivity index (χ1) is 8.09. The van der Waals surface area contributed by atoms with Crippen LogP contribution in [0.4, 0.5) is 0 Å². The summed E-state index contributed by atoms with van der Waals surface area (Å²) >= 11 is 1.56. The largest absolute Gasteiger partial charge is 0.383 e. The molecule has 1 heterocycles. The Labute approximate surface area is 105 Å². The zero-order valence-corrected chi connectivity index (χ0v) is 10.8. The van der Waals surface area contributed by atoms with Crippen molar-refractivity contribution < 1.29 is 5.11 Å². The number of fused-ring (bicyclic) bond motifs is 1. The van der Waals surface area contributed by atoms with Crippen molar-refractivity contribution in [3.8, 4) is 6.07 Å². The Bertz CT molecular complexity index is 532. The van der Waals surface area contributed by atoms with E-state index in [1.165, 1.54) is 0 Å². The van der Waals surface area contributed by atoms with Crippen molar-refractivity contribution in [2.45, 2.75) is 25.9 Å². The lowest BCUT2D eigenvalue weighted by Crippen LogP contribution is -2.29. The highest BCUT2D eigenvalue weighted by Crippen LogP contribution is 2.38. The van der Waals surface area contributed by atoms with Gasteiger partial charge < -0.3 is 5.11 Å². The average molecular weight is 245 g/mol. The van der Waals surface area contributed by atoms with Crippen molar-refractivity contribution in [3.63, 3.8) is 0 Å². The molecule has 17 heavy (non-hydrogen) atoms. The molecule has 0 spiro atoms. The predicted octanol–water partition coefficient (Wildman–Crippen LogP) is 3.66. The van der Waals surface area contributed by atoms with E-state index in [-0.39, 0.29) is 5.92 Å². The highest BCUT2D eigenvalue weighted by molar-refractivity contribution is 7.19. The van der Waals surface area contributed by atoms with E-state index in [2.05, 4.69) is 6.07 Å². The normalized spacial score (nSPS) is 16.4. The van der Waals surface area contributed by atoms with Crippen LogP contribution < -0.4 is 0 Å². The fourth-order valence-corrected chi connectivity index (χ4v) is 3.18. The van der Waals surface area contributed by atoms with Gasteiger partial charge in [-0.15, -0.1) is 11.3 Å². The summed E-state index contributed by atoms with van der Waals surface area (Å²) in [5.74, 6) is -0.365. The zero-order valence-electron chi connectivity index (χ0n) is 9.97. The molecule has 0 saturated heterocycles. The van der Waals surface area contributed by atoms with Gasteiger partial charge in [0.2, 0.25) is 0 Å². The maximum absolute atomic E-state index is 10.5. The summed E-state index contributed by atoms with van der Waals surface area (Å²) in [5.41, 5.74) is -1.06. The SMILES string of the molecule is CCC(C#N)C(C)(O)c1cc2ccccc2s1. The van der Waals surface area contributed by atoms with Crippen LogP contribution >= 0.6 is 11.3 Å². The molecule has 2 rings (SSSR count). The lowest BCUT2D eigenvalue weighted by atomic mass is 9.87. The molecule has 0 saturated carbocycles. The van der Waals surface area contributed by atoms with E-state index < -0.39 is 5.60 Å². The van der Waals surface area contributed by atoms with Crippen LogP contribution in [0.15, 0.2) is 30.3 Å². The van der Waals surface area contributed by atoms with Crippen LogP contribution in [0.3, 0.4) is 0 Å². The third-order valence-electron chi connectivity index (χ3n) is 3.17. The van der Waals surface area contributed by atoms with E-state index in [9.17, 15) is 5.11 Å². The van der Waals surface area contributed by atoms with E-state index in [4.69, 9.17) is 5.26 Å². The van der Waals surface area contributed by atoms with E-state index in [1.54, 1.807) is 18.3 Å². The maximum Gasteiger partial charge on any atom is 0.112 e. The third-order valence-corrected chi connectivity index (χ3v) is 4.51. The molecule has 0 aliphatic heterocycles. The van der Waals surface area contributed by atoms with Crippen molar-refractivity contribution in [3.05, 3.63) is 35.2 Å². The molecule has 2 unspecified atom stereocenters. The highest BCUT2D eigenvalue weighted by Gasteiger charge is 2.34. The van der Waals surface area contributed by atoms with Gasteiger partial charge in [0.15, 0.2) is 0 Å². The van der Waals surface area contributed by atoms with Gasteiger partial charge in [-0.2, -0.15) is 5.26 Å².